The minimum Gasteiger partial charge on any atom is -0.252 e. The second-order valence-corrected chi connectivity index (χ2v) is 6.50. The number of aromatic nitrogens is 1. The maximum absolute atomic E-state index is 9.92. The molecule has 0 unspecified atom stereocenters. The van der Waals surface area contributed by atoms with Crippen LogP contribution in [0.4, 0.5) is 0 Å². The molecule has 0 amide bonds. The SMILES string of the molecule is COS(=O)(=O)OC.Cc1cc2c(ccc3cccc32)sn1. The minimum absolute atomic E-state index is 1.03. The van der Waals surface area contributed by atoms with Crippen LogP contribution in [0.3, 0.4) is 0 Å². The number of rotatable bonds is 2. The van der Waals surface area contributed by atoms with Gasteiger partial charge in [-0.25, -0.2) is 0 Å². The molecule has 0 radical (unpaired) electrons. The van der Waals surface area contributed by atoms with Gasteiger partial charge >= 0.3 is 10.4 Å². The second kappa shape index (κ2) is 6.48. The third-order valence-corrected chi connectivity index (χ3v) is 4.62. The molecule has 0 atom stereocenters. The largest absolute Gasteiger partial charge is 0.399 e. The van der Waals surface area contributed by atoms with Crippen LogP contribution in [0.15, 0.2) is 36.4 Å². The van der Waals surface area contributed by atoms with Gasteiger partial charge < -0.3 is 0 Å². The fourth-order valence-corrected chi connectivity index (χ4v) is 2.69. The van der Waals surface area contributed by atoms with Gasteiger partial charge in [0.15, 0.2) is 0 Å². The minimum atomic E-state index is -3.66. The van der Waals surface area contributed by atoms with Crippen LogP contribution in [0, 0.1) is 6.92 Å². The first-order chi connectivity index (χ1) is 9.96. The summed E-state index contributed by atoms with van der Waals surface area (Å²) in [6.45, 7) is 2.04. The number of fused-ring (bicyclic) bond motifs is 3. The Morgan fingerprint density at radius 3 is 2.38 bits per heavy atom. The molecule has 0 aliphatic rings. The zero-order valence-electron chi connectivity index (χ0n) is 11.9. The molecule has 0 bridgehead atoms. The Kier molecular flexibility index (Phi) is 4.89. The van der Waals surface area contributed by atoms with E-state index in [4.69, 9.17) is 0 Å². The van der Waals surface area contributed by atoms with Crippen molar-refractivity contribution in [3.8, 4) is 0 Å². The van der Waals surface area contributed by atoms with E-state index in [-0.39, 0.29) is 0 Å². The van der Waals surface area contributed by atoms with Crippen LogP contribution in [0.2, 0.25) is 0 Å². The maximum atomic E-state index is 9.92. The van der Waals surface area contributed by atoms with Crippen molar-refractivity contribution in [2.24, 2.45) is 0 Å². The molecule has 0 aliphatic heterocycles. The monoisotopic (exact) mass is 325 g/mol. The van der Waals surface area contributed by atoms with Crippen LogP contribution in [0.5, 0.6) is 0 Å². The van der Waals surface area contributed by atoms with Crippen molar-refractivity contribution in [3.63, 3.8) is 0 Å². The van der Waals surface area contributed by atoms with Crippen molar-refractivity contribution in [1.29, 1.82) is 0 Å². The van der Waals surface area contributed by atoms with Gasteiger partial charge in [0, 0.05) is 5.39 Å². The average molecular weight is 325 g/mol. The van der Waals surface area contributed by atoms with E-state index < -0.39 is 10.4 Å². The molecule has 3 aromatic rings. The number of nitrogens with zero attached hydrogens (tertiary/aromatic N) is 1. The summed E-state index contributed by atoms with van der Waals surface area (Å²) in [6.07, 6.45) is 0. The van der Waals surface area contributed by atoms with E-state index in [1.54, 1.807) is 11.5 Å². The quantitative estimate of drug-likeness (QED) is 0.723. The molecule has 0 spiro atoms. The summed E-state index contributed by atoms with van der Waals surface area (Å²) in [4.78, 5) is 0. The lowest BCUT2D eigenvalue weighted by Gasteiger charge is -1.99. The highest BCUT2D eigenvalue weighted by Gasteiger charge is 2.02. The number of hydrogen-bond acceptors (Lipinski definition) is 6. The molecule has 5 nitrogen and oxygen atoms in total. The molecular weight excluding hydrogens is 310 g/mol. The van der Waals surface area contributed by atoms with Crippen molar-refractivity contribution in [3.05, 3.63) is 42.1 Å². The summed E-state index contributed by atoms with van der Waals surface area (Å²) in [5.74, 6) is 0. The fourth-order valence-electron chi connectivity index (χ4n) is 1.87. The van der Waals surface area contributed by atoms with Gasteiger partial charge in [-0.05, 0) is 41.4 Å². The van der Waals surface area contributed by atoms with E-state index in [9.17, 15) is 8.42 Å². The van der Waals surface area contributed by atoms with Gasteiger partial charge in [0.1, 0.15) is 0 Å². The van der Waals surface area contributed by atoms with Crippen molar-refractivity contribution in [2.75, 3.05) is 14.2 Å². The fraction of sp³-hybridized carbons (Fsp3) is 0.214. The summed E-state index contributed by atoms with van der Waals surface area (Å²) in [5, 5.41) is 3.98. The zero-order valence-corrected chi connectivity index (χ0v) is 13.5. The normalized spacial score (nSPS) is 11.4. The lowest BCUT2D eigenvalue weighted by Crippen LogP contribution is -2.02. The van der Waals surface area contributed by atoms with E-state index in [1.807, 2.05) is 6.92 Å². The van der Waals surface area contributed by atoms with Gasteiger partial charge in [-0.3, -0.25) is 8.37 Å². The average Bonchev–Trinajstić information content (AvgIpc) is 2.97. The Morgan fingerprint density at radius 1 is 1.05 bits per heavy atom. The lowest BCUT2D eigenvalue weighted by atomic mass is 10.1. The molecular formula is C14H15NO4S2. The Morgan fingerprint density at radius 2 is 1.76 bits per heavy atom. The zero-order chi connectivity index (χ0) is 15.5. The third-order valence-electron chi connectivity index (χ3n) is 2.87. The molecule has 1 heterocycles. The van der Waals surface area contributed by atoms with E-state index >= 15 is 0 Å². The van der Waals surface area contributed by atoms with E-state index in [0.29, 0.717) is 0 Å². The Hall–Kier alpha value is -1.54. The summed E-state index contributed by atoms with van der Waals surface area (Å²) >= 11 is 1.57. The van der Waals surface area contributed by atoms with Crippen molar-refractivity contribution >= 4 is 42.8 Å². The third kappa shape index (κ3) is 3.76. The van der Waals surface area contributed by atoms with Crippen molar-refractivity contribution in [1.82, 2.24) is 4.37 Å². The van der Waals surface area contributed by atoms with E-state index in [1.165, 1.54) is 20.9 Å². The van der Waals surface area contributed by atoms with Crippen LogP contribution in [0.25, 0.3) is 20.9 Å². The summed E-state index contributed by atoms with van der Waals surface area (Å²) < 4.78 is 33.1. The van der Waals surface area contributed by atoms with Crippen molar-refractivity contribution in [2.45, 2.75) is 6.92 Å². The van der Waals surface area contributed by atoms with Gasteiger partial charge in [-0.15, -0.1) is 0 Å². The van der Waals surface area contributed by atoms with Gasteiger partial charge in [0.2, 0.25) is 0 Å². The van der Waals surface area contributed by atoms with Crippen LogP contribution in [0.1, 0.15) is 5.69 Å². The van der Waals surface area contributed by atoms with Crippen LogP contribution >= 0.6 is 11.5 Å². The topological polar surface area (TPSA) is 65.5 Å². The smallest absolute Gasteiger partial charge is 0.252 e. The molecule has 0 fully saturated rings. The first-order valence-electron chi connectivity index (χ1n) is 6.08. The molecule has 112 valence electrons. The highest BCUT2D eigenvalue weighted by atomic mass is 32.3. The van der Waals surface area contributed by atoms with Crippen LogP contribution in [-0.2, 0) is 18.8 Å². The molecule has 2 aromatic carbocycles. The highest BCUT2D eigenvalue weighted by Crippen LogP contribution is 2.27. The number of hydrogen-bond donors (Lipinski definition) is 0. The molecule has 21 heavy (non-hydrogen) atoms. The summed E-state index contributed by atoms with van der Waals surface area (Å²) in [7, 11) is -1.60. The first-order valence-corrected chi connectivity index (χ1v) is 8.18. The summed E-state index contributed by atoms with van der Waals surface area (Å²) in [6, 6.07) is 12.9. The first kappa shape index (κ1) is 15.8. The molecule has 0 saturated heterocycles. The summed E-state index contributed by atoms with van der Waals surface area (Å²) in [5.41, 5.74) is 1.09. The molecule has 1 aromatic heterocycles. The molecule has 0 N–H and O–H groups in total. The second-order valence-electron chi connectivity index (χ2n) is 4.22. The van der Waals surface area contributed by atoms with Gasteiger partial charge in [0.05, 0.1) is 24.6 Å². The van der Waals surface area contributed by atoms with Gasteiger partial charge in [-0.1, -0.05) is 24.3 Å². The Balaban J connectivity index is 0.000000199. The highest BCUT2D eigenvalue weighted by molar-refractivity contribution is 7.81. The number of aryl methyl sites for hydroxylation is 1. The number of benzene rings is 1. The van der Waals surface area contributed by atoms with E-state index in [2.05, 4.69) is 49.1 Å². The van der Waals surface area contributed by atoms with Crippen LogP contribution in [-0.4, -0.2) is 27.0 Å². The standard InChI is InChI=1S/C12H9NS.C2H6O4S/c1-8-7-11-10-4-2-3-9(10)5-6-12(11)14-13-8;1-5-7(3,4)6-2/h2-7H,1H3;1-2H3. The lowest BCUT2D eigenvalue weighted by molar-refractivity contribution is 0.286. The van der Waals surface area contributed by atoms with Crippen molar-refractivity contribution < 1.29 is 16.8 Å². The maximum Gasteiger partial charge on any atom is 0.399 e. The van der Waals surface area contributed by atoms with Gasteiger partial charge in [-0.2, -0.15) is 12.8 Å². The predicted octanol–water partition coefficient (Wildman–Crippen LogP) is 3.28. The predicted molar refractivity (Wildman–Crippen MR) is 84.8 cm³/mol. The molecule has 7 heteroatoms. The molecule has 0 aliphatic carbocycles. The molecule has 3 rings (SSSR count). The van der Waals surface area contributed by atoms with Crippen LogP contribution < -0.4 is 0 Å². The Bertz CT molecular complexity index is 846. The van der Waals surface area contributed by atoms with Gasteiger partial charge in [0.25, 0.3) is 0 Å². The van der Waals surface area contributed by atoms with E-state index in [0.717, 1.165) is 19.9 Å². The molecule has 0 saturated carbocycles. The Labute approximate surface area is 127 Å².